The number of primary amides is 1. The van der Waals surface area contributed by atoms with Gasteiger partial charge in [-0.3, -0.25) is 24.7 Å². The molecule has 0 bridgehead atoms. The summed E-state index contributed by atoms with van der Waals surface area (Å²) in [5, 5.41) is 15.7. The van der Waals surface area contributed by atoms with Crippen LogP contribution in [0.15, 0.2) is 57.6 Å². The summed E-state index contributed by atoms with van der Waals surface area (Å²) in [7, 11) is 7.65. The van der Waals surface area contributed by atoms with Crippen molar-refractivity contribution in [2.24, 2.45) is 10.7 Å². The number of benzene rings is 1. The van der Waals surface area contributed by atoms with Gasteiger partial charge in [-0.2, -0.15) is 0 Å². The number of H-pyrrole nitrogens is 1. The molecule has 3 heterocycles. The van der Waals surface area contributed by atoms with E-state index in [0.29, 0.717) is 41.9 Å². The van der Waals surface area contributed by atoms with E-state index in [0.717, 1.165) is 28.0 Å². The third-order valence-corrected chi connectivity index (χ3v) is 8.03. The van der Waals surface area contributed by atoms with Crippen LogP contribution in [-0.4, -0.2) is 100 Å². The van der Waals surface area contributed by atoms with Gasteiger partial charge in [0.1, 0.15) is 12.1 Å². The van der Waals surface area contributed by atoms with Crippen molar-refractivity contribution in [3.8, 4) is 0 Å². The maximum atomic E-state index is 13.4. The number of guanidine groups is 1. The smallest absolute Gasteiger partial charge is 0.325 e. The Bertz CT molecular complexity index is 1540. The maximum absolute atomic E-state index is 13.4. The van der Waals surface area contributed by atoms with E-state index in [1.165, 1.54) is 18.3 Å². The predicted octanol–water partition coefficient (Wildman–Crippen LogP) is 2.59. The van der Waals surface area contributed by atoms with Crippen LogP contribution >= 0.6 is 11.8 Å². The van der Waals surface area contributed by atoms with Crippen LogP contribution < -0.4 is 11.1 Å². The molecule has 0 saturated carbocycles. The number of para-hydroxylation sites is 1. The molecule has 15 heteroatoms. The highest BCUT2D eigenvalue weighted by Crippen LogP contribution is 2.38. The van der Waals surface area contributed by atoms with Gasteiger partial charge in [-0.1, -0.05) is 18.2 Å². The summed E-state index contributed by atoms with van der Waals surface area (Å²) in [5.74, 6) is -0.536. The topological polar surface area (TPSA) is 183 Å². The lowest BCUT2D eigenvalue weighted by Crippen LogP contribution is -2.49. The molecule has 0 spiro atoms. The van der Waals surface area contributed by atoms with Crippen LogP contribution in [0, 0.1) is 10.1 Å². The fourth-order valence-electron chi connectivity index (χ4n) is 5.04. The minimum Gasteiger partial charge on any atom is -0.368 e. The van der Waals surface area contributed by atoms with Crippen molar-refractivity contribution in [1.82, 2.24) is 30.0 Å². The monoisotopic (exact) mass is 609 g/mol. The Morgan fingerprint density at radius 2 is 1.88 bits per heavy atom. The van der Waals surface area contributed by atoms with Crippen molar-refractivity contribution >= 4 is 52.2 Å². The summed E-state index contributed by atoms with van der Waals surface area (Å²) in [6, 6.07) is 7.36. The summed E-state index contributed by atoms with van der Waals surface area (Å²) in [4.78, 5) is 66.9. The van der Waals surface area contributed by atoms with Crippen molar-refractivity contribution in [2.45, 2.75) is 47.8 Å². The number of carbonyl (C=O) groups excluding carboxylic acids is 3. The third-order valence-electron chi connectivity index (χ3n) is 6.96. The van der Waals surface area contributed by atoms with Crippen molar-refractivity contribution in [2.75, 3.05) is 34.7 Å². The quantitative estimate of drug-likeness (QED) is 0.0694. The molecule has 1 aliphatic rings. The number of nitrogens with one attached hydrogen (secondary N) is 2. The van der Waals surface area contributed by atoms with E-state index in [1.54, 1.807) is 0 Å². The Balaban J connectivity index is 1.53. The number of hydrogen-bond acceptors (Lipinski definition) is 8. The average molecular weight is 610 g/mol. The molecule has 2 aromatic heterocycles. The van der Waals surface area contributed by atoms with Gasteiger partial charge in [0.2, 0.25) is 5.91 Å². The van der Waals surface area contributed by atoms with Crippen LogP contribution in [0.2, 0.25) is 0 Å². The van der Waals surface area contributed by atoms with Gasteiger partial charge < -0.3 is 25.8 Å². The Labute approximate surface area is 252 Å². The van der Waals surface area contributed by atoms with Crippen molar-refractivity contribution < 1.29 is 19.3 Å². The molecule has 2 atom stereocenters. The summed E-state index contributed by atoms with van der Waals surface area (Å²) in [6.07, 6.45) is 3.10. The van der Waals surface area contributed by atoms with Gasteiger partial charge in [0.15, 0.2) is 11.0 Å². The molecule has 14 nitrogen and oxygen atoms in total. The van der Waals surface area contributed by atoms with E-state index in [2.05, 4.69) is 20.3 Å². The third kappa shape index (κ3) is 7.05. The predicted molar refractivity (Wildman–Crippen MR) is 163 cm³/mol. The number of carbonyl (C=O) groups is 3. The fourth-order valence-corrected chi connectivity index (χ4v) is 6.07. The van der Waals surface area contributed by atoms with Gasteiger partial charge in [0.25, 0.3) is 5.91 Å². The number of rotatable bonds is 12. The molecular weight excluding hydrogens is 574 g/mol. The van der Waals surface area contributed by atoms with E-state index >= 15 is 0 Å². The second-order valence-electron chi connectivity index (χ2n) is 10.5. The maximum Gasteiger partial charge on any atom is 0.325 e. The number of aromatic amines is 1. The highest BCUT2D eigenvalue weighted by molar-refractivity contribution is 7.99. The zero-order chi connectivity index (χ0) is 31.3. The molecule has 4 amide bonds. The molecule has 0 radical (unpaired) electrons. The number of nitro groups is 1. The lowest BCUT2D eigenvalue weighted by molar-refractivity contribution is -0.388. The second kappa shape index (κ2) is 13.5. The number of fused-ring (bicyclic) bond motifs is 1. The molecule has 4 rings (SSSR count). The van der Waals surface area contributed by atoms with Gasteiger partial charge >= 0.3 is 11.7 Å². The summed E-state index contributed by atoms with van der Waals surface area (Å²) < 4.78 is 0. The highest BCUT2D eigenvalue weighted by atomic mass is 32.2. The summed E-state index contributed by atoms with van der Waals surface area (Å²) in [5.41, 5.74) is 6.90. The molecule has 1 saturated heterocycles. The number of aromatic nitrogens is 2. The number of hydrogen-bond donors (Lipinski definition) is 3. The first-order chi connectivity index (χ1) is 20.5. The number of unbranched alkanes of at least 4 members (excludes halogenated alkanes) is 1. The number of amides is 4. The number of urea groups is 1. The lowest BCUT2D eigenvalue weighted by Gasteiger charge is -2.23. The van der Waals surface area contributed by atoms with E-state index < -0.39 is 34.9 Å². The van der Waals surface area contributed by atoms with Gasteiger partial charge in [0, 0.05) is 64.3 Å². The van der Waals surface area contributed by atoms with Crippen LogP contribution in [0.4, 0.5) is 10.5 Å². The molecule has 1 aromatic carbocycles. The first-order valence-corrected chi connectivity index (χ1v) is 14.5. The average Bonchev–Trinajstić information content (AvgIpc) is 3.43. The fraction of sp³-hybridized carbons (Fsp3) is 0.393. The molecule has 1 aliphatic heterocycles. The Kier molecular flexibility index (Phi) is 9.85. The minimum absolute atomic E-state index is 0.0826. The van der Waals surface area contributed by atoms with Crippen LogP contribution in [0.3, 0.4) is 0 Å². The zero-order valence-corrected chi connectivity index (χ0v) is 25.3. The molecular formula is C28H35N9O5S. The molecule has 228 valence electrons. The Morgan fingerprint density at radius 1 is 1.16 bits per heavy atom. The largest absolute Gasteiger partial charge is 0.368 e. The molecule has 0 unspecified atom stereocenters. The molecule has 43 heavy (non-hydrogen) atoms. The summed E-state index contributed by atoms with van der Waals surface area (Å²) >= 11 is 1.03. The molecule has 3 aromatic rings. The summed E-state index contributed by atoms with van der Waals surface area (Å²) in [6.45, 7) is 0.559. The molecule has 0 aliphatic carbocycles. The first kappa shape index (κ1) is 31.3. The van der Waals surface area contributed by atoms with E-state index in [4.69, 9.17) is 5.73 Å². The van der Waals surface area contributed by atoms with Crippen LogP contribution in [-0.2, 0) is 16.0 Å². The highest BCUT2D eigenvalue weighted by Gasteiger charge is 2.44. The SMILES string of the molecule is CN(C)C(=NCCCC[C@@H]1NC(=O)N([C@@H](Cc2c(Sc3ncccc3[N+](=O)[O-])[nH]c3ccccc23)C(N)=O)C1=O)N(C)C. The van der Waals surface area contributed by atoms with Crippen LogP contribution in [0.1, 0.15) is 24.8 Å². The van der Waals surface area contributed by atoms with Crippen molar-refractivity contribution in [3.63, 3.8) is 0 Å². The minimum atomic E-state index is -1.28. The van der Waals surface area contributed by atoms with Crippen molar-refractivity contribution in [1.29, 1.82) is 0 Å². The molecule has 4 N–H and O–H groups in total. The van der Waals surface area contributed by atoms with Gasteiger partial charge in [-0.25, -0.2) is 14.7 Å². The lowest BCUT2D eigenvalue weighted by atomic mass is 10.0. The van der Waals surface area contributed by atoms with Crippen LogP contribution in [0.25, 0.3) is 10.9 Å². The van der Waals surface area contributed by atoms with E-state index in [-0.39, 0.29) is 17.1 Å². The number of imide groups is 1. The first-order valence-electron chi connectivity index (χ1n) is 13.7. The number of nitrogens with zero attached hydrogens (tertiary/aromatic N) is 6. The van der Waals surface area contributed by atoms with E-state index in [9.17, 15) is 24.5 Å². The molecule has 1 fully saturated rings. The van der Waals surface area contributed by atoms with Gasteiger partial charge in [-0.05, 0) is 48.7 Å². The number of pyridine rings is 1. The van der Waals surface area contributed by atoms with Crippen molar-refractivity contribution in [3.05, 3.63) is 58.3 Å². The Morgan fingerprint density at radius 3 is 2.56 bits per heavy atom. The van der Waals surface area contributed by atoms with Crippen LogP contribution in [0.5, 0.6) is 0 Å². The van der Waals surface area contributed by atoms with Gasteiger partial charge in [-0.15, -0.1) is 0 Å². The Hall–Kier alpha value is -4.66. The number of nitrogens with two attached hydrogens (primary N) is 1. The van der Waals surface area contributed by atoms with E-state index in [1.807, 2.05) is 62.3 Å². The standard InChI is InChI=1S/C28H35N9O5S/c1-34(2)27(35(3)4)31-14-8-7-12-20-26(39)36(28(40)33-20)22(23(29)38)16-18-17-10-5-6-11-19(17)32-24(18)43-25-21(37(41)42)13-9-15-30-25/h5-6,9-11,13,15,20,22,32H,7-8,12,14,16H2,1-4H3,(H2,29,38)(H,33,40)/t20-,22-/m0/s1. The zero-order valence-electron chi connectivity index (χ0n) is 24.4. The second-order valence-corrected chi connectivity index (χ2v) is 11.5. The van der Waals surface area contributed by atoms with Gasteiger partial charge in [0.05, 0.1) is 9.95 Å². The number of aliphatic imine (C=N–C) groups is 1. The normalized spacial score (nSPS) is 15.3.